The molecule has 0 amide bonds. The summed E-state index contributed by atoms with van der Waals surface area (Å²) in [6, 6.07) is 0. The van der Waals surface area contributed by atoms with Gasteiger partial charge < -0.3 is 16.8 Å². The van der Waals surface area contributed by atoms with Crippen molar-refractivity contribution in [3.8, 4) is 0 Å². The number of nitrogens with two attached hydrogens (primary N) is 2. The van der Waals surface area contributed by atoms with E-state index < -0.39 is 0 Å². The lowest BCUT2D eigenvalue weighted by Crippen LogP contribution is -2.07. The summed E-state index contributed by atoms with van der Waals surface area (Å²) < 4.78 is 1.02. The maximum atomic E-state index is 6.00. The van der Waals surface area contributed by atoms with Crippen LogP contribution in [0.3, 0.4) is 0 Å². The summed E-state index contributed by atoms with van der Waals surface area (Å²) in [4.78, 5) is 0. The smallest absolute Gasteiger partial charge is 0.0811 e. The SMILES string of the molecule is CCc1c(N)c(NC)c(N)c(C)c1Br. The van der Waals surface area contributed by atoms with Gasteiger partial charge in [-0.25, -0.2) is 0 Å². The van der Waals surface area contributed by atoms with E-state index in [1.165, 1.54) is 0 Å². The van der Waals surface area contributed by atoms with Crippen molar-refractivity contribution in [3.05, 3.63) is 15.6 Å². The molecule has 0 unspecified atom stereocenters. The van der Waals surface area contributed by atoms with E-state index in [-0.39, 0.29) is 0 Å². The van der Waals surface area contributed by atoms with Crippen molar-refractivity contribution in [2.24, 2.45) is 0 Å². The Kier molecular flexibility index (Phi) is 3.26. The highest BCUT2D eigenvalue weighted by Gasteiger charge is 2.14. The van der Waals surface area contributed by atoms with Gasteiger partial charge in [-0.05, 0) is 24.5 Å². The van der Waals surface area contributed by atoms with E-state index in [1.54, 1.807) is 0 Å². The molecule has 0 saturated carbocycles. The lowest BCUT2D eigenvalue weighted by Gasteiger charge is -2.17. The van der Waals surface area contributed by atoms with Gasteiger partial charge in [0.15, 0.2) is 0 Å². The van der Waals surface area contributed by atoms with E-state index in [2.05, 4.69) is 28.2 Å². The number of hydrogen-bond donors (Lipinski definition) is 3. The van der Waals surface area contributed by atoms with Crippen molar-refractivity contribution in [1.29, 1.82) is 0 Å². The summed E-state index contributed by atoms with van der Waals surface area (Å²) in [7, 11) is 1.83. The van der Waals surface area contributed by atoms with Gasteiger partial charge >= 0.3 is 0 Å². The van der Waals surface area contributed by atoms with Crippen LogP contribution in [0.4, 0.5) is 17.1 Å². The monoisotopic (exact) mass is 257 g/mol. The van der Waals surface area contributed by atoms with Gasteiger partial charge in [0.05, 0.1) is 17.1 Å². The van der Waals surface area contributed by atoms with E-state index in [0.717, 1.165) is 33.4 Å². The van der Waals surface area contributed by atoms with Crippen molar-refractivity contribution < 1.29 is 0 Å². The zero-order chi connectivity index (χ0) is 10.9. The maximum Gasteiger partial charge on any atom is 0.0811 e. The Morgan fingerprint density at radius 2 is 1.86 bits per heavy atom. The highest BCUT2D eigenvalue weighted by Crippen LogP contribution is 2.39. The summed E-state index contributed by atoms with van der Waals surface area (Å²) in [5.74, 6) is 0. The fraction of sp³-hybridized carbons (Fsp3) is 0.400. The van der Waals surface area contributed by atoms with Crippen molar-refractivity contribution >= 4 is 33.0 Å². The molecule has 0 radical (unpaired) electrons. The molecule has 0 bridgehead atoms. The van der Waals surface area contributed by atoms with Crippen LogP contribution in [0, 0.1) is 6.92 Å². The topological polar surface area (TPSA) is 64.1 Å². The first-order valence-electron chi connectivity index (χ1n) is 4.58. The molecule has 0 spiro atoms. The van der Waals surface area contributed by atoms with E-state index in [4.69, 9.17) is 11.5 Å². The Balaban J connectivity index is 3.56. The van der Waals surface area contributed by atoms with E-state index in [1.807, 2.05) is 14.0 Å². The average molecular weight is 258 g/mol. The molecule has 3 nitrogen and oxygen atoms in total. The molecule has 0 heterocycles. The van der Waals surface area contributed by atoms with Crippen LogP contribution in [-0.2, 0) is 6.42 Å². The fourth-order valence-corrected chi connectivity index (χ4v) is 2.27. The second-order valence-corrected chi connectivity index (χ2v) is 4.02. The molecule has 0 aliphatic rings. The molecule has 0 fully saturated rings. The third kappa shape index (κ3) is 1.54. The Morgan fingerprint density at radius 3 is 2.29 bits per heavy atom. The molecule has 1 aromatic rings. The zero-order valence-corrected chi connectivity index (χ0v) is 10.3. The normalized spacial score (nSPS) is 10.3. The maximum absolute atomic E-state index is 6.00. The average Bonchev–Trinajstić information content (AvgIpc) is 2.16. The number of nitrogens with one attached hydrogen (secondary N) is 1. The van der Waals surface area contributed by atoms with Gasteiger partial charge in [-0.1, -0.05) is 22.9 Å². The first-order valence-corrected chi connectivity index (χ1v) is 5.37. The first-order chi connectivity index (χ1) is 6.54. The third-order valence-corrected chi connectivity index (χ3v) is 3.54. The molecule has 1 aromatic carbocycles. The van der Waals surface area contributed by atoms with Gasteiger partial charge in [0, 0.05) is 11.5 Å². The van der Waals surface area contributed by atoms with Gasteiger partial charge in [0.25, 0.3) is 0 Å². The third-order valence-electron chi connectivity index (χ3n) is 2.47. The molecule has 14 heavy (non-hydrogen) atoms. The number of hydrogen-bond acceptors (Lipinski definition) is 3. The van der Waals surface area contributed by atoms with Gasteiger partial charge in [-0.2, -0.15) is 0 Å². The minimum absolute atomic E-state index is 0.717. The quantitative estimate of drug-likeness (QED) is 0.714. The summed E-state index contributed by atoms with van der Waals surface area (Å²) in [6.45, 7) is 4.06. The fourth-order valence-electron chi connectivity index (χ4n) is 1.56. The van der Waals surface area contributed by atoms with Crippen molar-refractivity contribution in [2.75, 3.05) is 23.8 Å². The Labute approximate surface area is 93.0 Å². The lowest BCUT2D eigenvalue weighted by molar-refractivity contribution is 1.12. The molecule has 0 aliphatic carbocycles. The Morgan fingerprint density at radius 1 is 1.29 bits per heavy atom. The van der Waals surface area contributed by atoms with Gasteiger partial charge in [-0.15, -0.1) is 0 Å². The van der Waals surface area contributed by atoms with Gasteiger partial charge in [0.1, 0.15) is 0 Å². The summed E-state index contributed by atoms with van der Waals surface area (Å²) in [6.07, 6.45) is 0.891. The van der Waals surface area contributed by atoms with E-state index in [9.17, 15) is 0 Å². The molecule has 78 valence electrons. The highest BCUT2D eigenvalue weighted by molar-refractivity contribution is 9.10. The van der Waals surface area contributed by atoms with Crippen molar-refractivity contribution in [1.82, 2.24) is 0 Å². The number of halogens is 1. The van der Waals surface area contributed by atoms with Crippen LogP contribution in [0.2, 0.25) is 0 Å². The largest absolute Gasteiger partial charge is 0.397 e. The highest BCUT2D eigenvalue weighted by atomic mass is 79.9. The summed E-state index contributed by atoms with van der Waals surface area (Å²) >= 11 is 3.52. The molecule has 0 saturated heterocycles. The summed E-state index contributed by atoms with van der Waals surface area (Å²) in [5, 5.41) is 3.04. The minimum Gasteiger partial charge on any atom is -0.397 e. The van der Waals surface area contributed by atoms with Crippen LogP contribution >= 0.6 is 15.9 Å². The van der Waals surface area contributed by atoms with Crippen molar-refractivity contribution in [2.45, 2.75) is 20.3 Å². The number of anilines is 3. The molecular formula is C10H16BrN3. The van der Waals surface area contributed by atoms with E-state index in [0.29, 0.717) is 5.69 Å². The van der Waals surface area contributed by atoms with Crippen LogP contribution in [0.15, 0.2) is 4.47 Å². The molecular weight excluding hydrogens is 242 g/mol. The molecule has 0 aromatic heterocycles. The second kappa shape index (κ2) is 4.09. The Bertz CT molecular complexity index is 330. The molecule has 1 rings (SSSR count). The molecule has 4 heteroatoms. The van der Waals surface area contributed by atoms with Crippen LogP contribution in [0.5, 0.6) is 0 Å². The van der Waals surface area contributed by atoms with Crippen LogP contribution < -0.4 is 16.8 Å². The second-order valence-electron chi connectivity index (χ2n) is 3.22. The summed E-state index contributed by atoms with van der Waals surface area (Å²) in [5.41, 5.74) is 16.4. The van der Waals surface area contributed by atoms with Crippen LogP contribution in [0.1, 0.15) is 18.1 Å². The van der Waals surface area contributed by atoms with Crippen molar-refractivity contribution in [3.63, 3.8) is 0 Å². The molecule has 5 N–H and O–H groups in total. The number of rotatable bonds is 2. The number of nitrogen functional groups attached to an aromatic ring is 2. The van der Waals surface area contributed by atoms with Crippen LogP contribution in [-0.4, -0.2) is 7.05 Å². The van der Waals surface area contributed by atoms with Gasteiger partial charge in [0.2, 0.25) is 0 Å². The van der Waals surface area contributed by atoms with Crippen LogP contribution in [0.25, 0.3) is 0 Å². The predicted octanol–water partition coefficient (Wildman–Crippen LogP) is 2.53. The van der Waals surface area contributed by atoms with E-state index >= 15 is 0 Å². The lowest BCUT2D eigenvalue weighted by atomic mass is 10.0. The molecule has 0 atom stereocenters. The predicted molar refractivity (Wildman–Crippen MR) is 66.6 cm³/mol. The standard InChI is InChI=1S/C10H16BrN3/c1-4-6-7(11)5(2)8(12)10(14-3)9(6)13/h14H,4,12-13H2,1-3H3. The molecule has 0 aliphatic heterocycles. The zero-order valence-electron chi connectivity index (χ0n) is 8.74. The Hall–Kier alpha value is -0.900. The minimum atomic E-state index is 0.717. The first kappa shape index (κ1) is 11.2. The van der Waals surface area contributed by atoms with Gasteiger partial charge in [-0.3, -0.25) is 0 Å². The number of benzene rings is 1.